The Morgan fingerprint density at radius 3 is 2.48 bits per heavy atom. The Morgan fingerprint density at radius 1 is 1.19 bits per heavy atom. The first-order chi connectivity index (χ1) is 14.7. The highest BCUT2D eigenvalue weighted by molar-refractivity contribution is 9.10. The van der Waals surface area contributed by atoms with Gasteiger partial charge in [0.25, 0.3) is 5.91 Å². The quantitative estimate of drug-likeness (QED) is 0.539. The summed E-state index contributed by atoms with van der Waals surface area (Å²) < 4.78 is 38.2. The topological polar surface area (TPSA) is 93.2 Å². The van der Waals surface area contributed by atoms with Crippen molar-refractivity contribution in [2.45, 2.75) is 56.1 Å². The summed E-state index contributed by atoms with van der Waals surface area (Å²) in [5, 5.41) is 0. The van der Waals surface area contributed by atoms with E-state index in [9.17, 15) is 18.0 Å². The average molecular weight is 517 g/mol. The molecule has 1 amide bonds. The molecule has 0 aromatic heterocycles. The molecule has 1 saturated heterocycles. The Balaban J connectivity index is 1.72. The van der Waals surface area contributed by atoms with Gasteiger partial charge >= 0.3 is 5.97 Å². The van der Waals surface area contributed by atoms with Gasteiger partial charge in [-0.1, -0.05) is 19.3 Å². The third-order valence-electron chi connectivity index (χ3n) is 5.87. The Morgan fingerprint density at radius 2 is 1.84 bits per heavy atom. The molecule has 10 heteroatoms. The molecule has 0 spiro atoms. The lowest BCUT2D eigenvalue weighted by molar-refractivity contribution is -0.141. The van der Waals surface area contributed by atoms with Gasteiger partial charge in [0.15, 0.2) is 6.10 Å². The van der Waals surface area contributed by atoms with Crippen molar-refractivity contribution >= 4 is 37.8 Å². The van der Waals surface area contributed by atoms with Crippen molar-refractivity contribution in [2.24, 2.45) is 0 Å². The number of hydrogen-bond acceptors (Lipinski definition) is 6. The minimum Gasteiger partial charge on any atom is -0.449 e. The second-order valence-electron chi connectivity index (χ2n) is 7.95. The second-order valence-corrected chi connectivity index (χ2v) is 10.7. The predicted molar refractivity (Wildman–Crippen MR) is 118 cm³/mol. The van der Waals surface area contributed by atoms with Crippen LogP contribution in [0.1, 0.15) is 49.4 Å². The molecule has 8 nitrogen and oxygen atoms in total. The van der Waals surface area contributed by atoms with Crippen LogP contribution in [0.15, 0.2) is 27.6 Å². The number of carbonyl (C=O) groups excluding carboxylic acids is 2. The maximum absolute atomic E-state index is 12.9. The highest BCUT2D eigenvalue weighted by Gasteiger charge is 2.30. The maximum atomic E-state index is 12.9. The first kappa shape index (κ1) is 24.2. The number of ether oxygens (including phenoxy) is 2. The molecular weight excluding hydrogens is 488 g/mol. The van der Waals surface area contributed by atoms with E-state index < -0.39 is 22.1 Å². The summed E-state index contributed by atoms with van der Waals surface area (Å²) in [5.74, 6) is -1.00. The monoisotopic (exact) mass is 516 g/mol. The van der Waals surface area contributed by atoms with Crippen LogP contribution in [-0.2, 0) is 24.3 Å². The fraction of sp³-hybridized carbons (Fsp3) is 0.619. The average Bonchev–Trinajstić information content (AvgIpc) is 2.79. The highest BCUT2D eigenvalue weighted by atomic mass is 79.9. The minimum absolute atomic E-state index is 0.00264. The molecule has 172 valence electrons. The van der Waals surface area contributed by atoms with Crippen molar-refractivity contribution in [1.29, 1.82) is 0 Å². The lowest BCUT2D eigenvalue weighted by atomic mass is 9.94. The van der Waals surface area contributed by atoms with Crippen molar-refractivity contribution < 1.29 is 27.5 Å². The van der Waals surface area contributed by atoms with Crippen LogP contribution in [0.3, 0.4) is 0 Å². The first-order valence-electron chi connectivity index (χ1n) is 10.6. The summed E-state index contributed by atoms with van der Waals surface area (Å²) in [4.78, 5) is 27.2. The van der Waals surface area contributed by atoms with Gasteiger partial charge in [-0.2, -0.15) is 4.31 Å². The van der Waals surface area contributed by atoms with Gasteiger partial charge in [-0.05, 0) is 53.9 Å². The molecule has 3 rings (SSSR count). The van der Waals surface area contributed by atoms with E-state index in [4.69, 9.17) is 9.47 Å². The molecule has 1 atom stereocenters. The van der Waals surface area contributed by atoms with Crippen LogP contribution in [0, 0.1) is 0 Å². The smallest absolute Gasteiger partial charge is 0.340 e. The molecule has 1 heterocycles. The number of morpholine rings is 1. The molecule has 2 fully saturated rings. The Bertz CT molecular complexity index is 910. The lowest BCUT2D eigenvalue weighted by Gasteiger charge is -2.32. The minimum atomic E-state index is -3.76. The molecule has 31 heavy (non-hydrogen) atoms. The van der Waals surface area contributed by atoms with Gasteiger partial charge in [-0.3, -0.25) is 4.79 Å². The van der Waals surface area contributed by atoms with Crippen molar-refractivity contribution in [1.82, 2.24) is 9.21 Å². The van der Waals surface area contributed by atoms with Crippen LogP contribution in [0.2, 0.25) is 0 Å². The van der Waals surface area contributed by atoms with E-state index in [0.29, 0.717) is 17.7 Å². The van der Waals surface area contributed by atoms with Crippen LogP contribution in [0.25, 0.3) is 0 Å². The van der Waals surface area contributed by atoms with Gasteiger partial charge in [0.1, 0.15) is 0 Å². The zero-order chi connectivity index (χ0) is 22.6. The first-order valence-corrected chi connectivity index (χ1v) is 12.8. The van der Waals surface area contributed by atoms with Gasteiger partial charge in [-0.15, -0.1) is 0 Å². The molecule has 1 aromatic carbocycles. The summed E-state index contributed by atoms with van der Waals surface area (Å²) in [6.07, 6.45) is 4.31. The number of amides is 1. The molecule has 1 saturated carbocycles. The third kappa shape index (κ3) is 5.66. The predicted octanol–water partition coefficient (Wildman–Crippen LogP) is 2.81. The van der Waals surface area contributed by atoms with Crippen LogP contribution in [0.4, 0.5) is 0 Å². The van der Waals surface area contributed by atoms with Gasteiger partial charge < -0.3 is 14.4 Å². The summed E-state index contributed by atoms with van der Waals surface area (Å²) in [7, 11) is -2.01. The third-order valence-corrected chi connectivity index (χ3v) is 8.45. The van der Waals surface area contributed by atoms with Crippen LogP contribution >= 0.6 is 15.9 Å². The number of halogens is 1. The number of likely N-dealkylation sites (N-methyl/N-ethyl adjacent to an activating group) is 1. The zero-order valence-corrected chi connectivity index (χ0v) is 20.3. The van der Waals surface area contributed by atoms with E-state index in [2.05, 4.69) is 15.9 Å². The largest absolute Gasteiger partial charge is 0.449 e. The van der Waals surface area contributed by atoms with E-state index in [0.717, 1.165) is 25.7 Å². The number of esters is 1. The Kier molecular flexibility index (Phi) is 8.12. The van der Waals surface area contributed by atoms with E-state index in [1.54, 1.807) is 18.9 Å². The molecule has 0 bridgehead atoms. The molecule has 0 N–H and O–H groups in total. The zero-order valence-electron chi connectivity index (χ0n) is 17.9. The standard InChI is InChI=1S/C21H29BrN2O6S/c1-15(20(25)23(2)16-6-4-3-5-7-16)30-21(26)18-14-17(8-9-19(18)22)31(27,28)24-10-12-29-13-11-24/h8-9,14-16H,3-7,10-13H2,1-2H3/t15-/m1/s1. The fourth-order valence-corrected chi connectivity index (χ4v) is 5.81. The fourth-order valence-electron chi connectivity index (χ4n) is 3.97. The van der Waals surface area contributed by atoms with Crippen molar-refractivity contribution in [2.75, 3.05) is 33.4 Å². The number of rotatable bonds is 6. The summed E-state index contributed by atoms with van der Waals surface area (Å²) in [5.41, 5.74) is 0.0642. The van der Waals surface area contributed by atoms with E-state index in [1.807, 2.05) is 0 Å². The molecule has 2 aliphatic rings. The lowest BCUT2D eigenvalue weighted by Crippen LogP contribution is -2.44. The molecule has 1 aliphatic heterocycles. The summed E-state index contributed by atoms with van der Waals surface area (Å²) >= 11 is 3.29. The van der Waals surface area contributed by atoms with E-state index >= 15 is 0 Å². The van der Waals surface area contributed by atoms with E-state index in [1.165, 1.54) is 28.9 Å². The summed E-state index contributed by atoms with van der Waals surface area (Å²) in [6.45, 7) is 2.73. The number of carbonyl (C=O) groups is 2. The number of hydrogen-bond donors (Lipinski definition) is 0. The number of benzene rings is 1. The number of nitrogens with zero attached hydrogens (tertiary/aromatic N) is 2. The van der Waals surface area contributed by atoms with Crippen LogP contribution in [0.5, 0.6) is 0 Å². The molecule has 1 aromatic rings. The normalized spacial score (nSPS) is 19.6. The van der Waals surface area contributed by atoms with Gasteiger partial charge in [0.2, 0.25) is 10.0 Å². The Hall–Kier alpha value is -1.49. The van der Waals surface area contributed by atoms with Gasteiger partial charge in [-0.25, -0.2) is 13.2 Å². The molecular formula is C21H29BrN2O6S. The number of sulfonamides is 1. The SMILES string of the molecule is C[C@@H](OC(=O)c1cc(S(=O)(=O)N2CCOCC2)ccc1Br)C(=O)N(C)C1CCCCC1. The second kappa shape index (κ2) is 10.4. The highest BCUT2D eigenvalue weighted by Crippen LogP contribution is 2.26. The molecule has 0 unspecified atom stereocenters. The van der Waals surface area contributed by atoms with Crippen molar-refractivity contribution in [3.63, 3.8) is 0 Å². The summed E-state index contributed by atoms with van der Waals surface area (Å²) in [6, 6.07) is 4.40. The van der Waals surface area contributed by atoms with Gasteiger partial charge in [0, 0.05) is 30.7 Å². The van der Waals surface area contributed by atoms with E-state index in [-0.39, 0.29) is 35.5 Å². The van der Waals surface area contributed by atoms with Crippen LogP contribution in [-0.4, -0.2) is 75.0 Å². The Labute approximate surface area is 192 Å². The van der Waals surface area contributed by atoms with Crippen LogP contribution < -0.4 is 0 Å². The van der Waals surface area contributed by atoms with Gasteiger partial charge in [0.05, 0.1) is 23.7 Å². The maximum Gasteiger partial charge on any atom is 0.340 e. The molecule has 1 aliphatic carbocycles. The van der Waals surface area contributed by atoms with Crippen molar-refractivity contribution in [3.05, 3.63) is 28.2 Å². The molecule has 0 radical (unpaired) electrons. The van der Waals surface area contributed by atoms with Crippen molar-refractivity contribution in [3.8, 4) is 0 Å².